The second kappa shape index (κ2) is 5.40. The first kappa shape index (κ1) is 13.9. The van der Waals surface area contributed by atoms with Crippen LogP contribution in [0.25, 0.3) is 0 Å². The van der Waals surface area contributed by atoms with Crippen molar-refractivity contribution in [1.82, 2.24) is 4.90 Å². The molecule has 0 unspecified atom stereocenters. The zero-order chi connectivity index (χ0) is 15.7. The third-order valence-electron chi connectivity index (χ3n) is 3.39. The number of aromatic nitrogens is 1. The molecule has 1 aromatic heterocycles. The topological polar surface area (TPSA) is 80.6 Å². The summed E-state index contributed by atoms with van der Waals surface area (Å²) in [5.74, 6) is -0.800. The molecular formula is C16H14N3O3+. The lowest BCUT2D eigenvalue weighted by Crippen LogP contribution is -2.38. The fraction of sp³-hybridized carbons (Fsp3) is 0.125. The summed E-state index contributed by atoms with van der Waals surface area (Å²) >= 11 is 0. The van der Waals surface area contributed by atoms with Crippen molar-refractivity contribution in [2.45, 2.75) is 6.92 Å². The van der Waals surface area contributed by atoms with Gasteiger partial charge in [0.1, 0.15) is 6.54 Å². The number of aryl methyl sites for hydroxylation is 1. The molecule has 0 saturated heterocycles. The molecule has 0 bridgehead atoms. The molecule has 2 N–H and O–H groups in total. The van der Waals surface area contributed by atoms with Crippen molar-refractivity contribution in [3.63, 3.8) is 0 Å². The van der Waals surface area contributed by atoms with Gasteiger partial charge in [0, 0.05) is 6.07 Å². The van der Waals surface area contributed by atoms with Crippen LogP contribution in [-0.2, 0) is 4.79 Å². The van der Waals surface area contributed by atoms with E-state index in [4.69, 9.17) is 0 Å². The Labute approximate surface area is 126 Å². The lowest BCUT2D eigenvalue weighted by molar-refractivity contribution is -0.370. The standard InChI is InChI=1S/C16H13N3O3/c1-10-5-4-8-13(17-10)18-14(20)9-19-15(21)11-6-2-3-7-12(11)16(19)22/h2-8H,9H2,1H3,(H,17,18,20)/p+1. The Hall–Kier alpha value is -3.02. The number of aromatic amines is 1. The number of nitrogens with zero attached hydrogens (tertiary/aromatic N) is 1. The Morgan fingerprint density at radius 3 is 2.27 bits per heavy atom. The molecule has 0 fully saturated rings. The van der Waals surface area contributed by atoms with Crippen LogP contribution >= 0.6 is 0 Å². The van der Waals surface area contributed by atoms with Gasteiger partial charge in [-0.05, 0) is 25.1 Å². The number of carbonyl (C=O) groups is 3. The fourth-order valence-corrected chi connectivity index (χ4v) is 2.37. The monoisotopic (exact) mass is 296 g/mol. The van der Waals surface area contributed by atoms with Crippen LogP contribution in [-0.4, -0.2) is 29.2 Å². The van der Waals surface area contributed by atoms with Gasteiger partial charge in [0.05, 0.1) is 16.8 Å². The second-order valence-electron chi connectivity index (χ2n) is 5.04. The summed E-state index contributed by atoms with van der Waals surface area (Å²) in [4.78, 5) is 40.3. The Morgan fingerprint density at radius 1 is 1.05 bits per heavy atom. The van der Waals surface area contributed by atoms with E-state index in [0.717, 1.165) is 10.6 Å². The van der Waals surface area contributed by atoms with Crippen LogP contribution in [0.5, 0.6) is 0 Å². The number of carbonyl (C=O) groups excluding carboxylic acids is 3. The highest BCUT2D eigenvalue weighted by atomic mass is 16.2. The highest BCUT2D eigenvalue weighted by molar-refractivity contribution is 6.22. The summed E-state index contributed by atoms with van der Waals surface area (Å²) in [5, 5.41) is 2.64. The smallest absolute Gasteiger partial charge is 0.269 e. The van der Waals surface area contributed by atoms with Crippen LogP contribution in [0, 0.1) is 6.92 Å². The normalized spacial score (nSPS) is 13.2. The first-order valence-corrected chi connectivity index (χ1v) is 6.80. The van der Waals surface area contributed by atoms with Crippen LogP contribution in [0.3, 0.4) is 0 Å². The van der Waals surface area contributed by atoms with Gasteiger partial charge in [-0.1, -0.05) is 18.2 Å². The summed E-state index contributed by atoms with van der Waals surface area (Å²) in [5.41, 5.74) is 1.56. The van der Waals surface area contributed by atoms with E-state index in [1.54, 1.807) is 36.4 Å². The van der Waals surface area contributed by atoms with E-state index in [2.05, 4.69) is 10.3 Å². The maximum Gasteiger partial charge on any atom is 0.327 e. The Balaban J connectivity index is 1.73. The van der Waals surface area contributed by atoms with Crippen molar-refractivity contribution in [1.29, 1.82) is 0 Å². The molecule has 2 heterocycles. The number of benzene rings is 1. The largest absolute Gasteiger partial charge is 0.327 e. The Kier molecular flexibility index (Phi) is 3.42. The van der Waals surface area contributed by atoms with Gasteiger partial charge in [-0.2, -0.15) is 0 Å². The van der Waals surface area contributed by atoms with Gasteiger partial charge < -0.3 is 0 Å². The van der Waals surface area contributed by atoms with Crippen molar-refractivity contribution in [3.8, 4) is 0 Å². The summed E-state index contributed by atoms with van der Waals surface area (Å²) in [6.07, 6.45) is 0. The van der Waals surface area contributed by atoms with Gasteiger partial charge in [-0.3, -0.25) is 14.5 Å². The predicted molar refractivity (Wildman–Crippen MR) is 78.2 cm³/mol. The first-order valence-electron chi connectivity index (χ1n) is 6.80. The van der Waals surface area contributed by atoms with Crippen molar-refractivity contribution in [3.05, 3.63) is 59.3 Å². The quantitative estimate of drug-likeness (QED) is 0.859. The molecule has 110 valence electrons. The van der Waals surface area contributed by atoms with Gasteiger partial charge in [-0.15, -0.1) is 0 Å². The maximum absolute atomic E-state index is 12.2. The van der Waals surface area contributed by atoms with E-state index in [0.29, 0.717) is 16.9 Å². The fourth-order valence-electron chi connectivity index (χ4n) is 2.37. The van der Waals surface area contributed by atoms with Crippen molar-refractivity contribution >= 4 is 23.5 Å². The molecule has 0 saturated carbocycles. The van der Waals surface area contributed by atoms with Crippen molar-refractivity contribution in [2.24, 2.45) is 0 Å². The van der Waals surface area contributed by atoms with E-state index in [9.17, 15) is 14.4 Å². The van der Waals surface area contributed by atoms with Gasteiger partial charge >= 0.3 is 5.91 Å². The van der Waals surface area contributed by atoms with Crippen LogP contribution < -0.4 is 10.3 Å². The number of H-pyrrole nitrogens is 1. The average molecular weight is 296 g/mol. The Morgan fingerprint density at radius 2 is 1.68 bits per heavy atom. The van der Waals surface area contributed by atoms with Crippen LogP contribution in [0.2, 0.25) is 0 Å². The van der Waals surface area contributed by atoms with E-state index in [-0.39, 0.29) is 6.54 Å². The van der Waals surface area contributed by atoms with Gasteiger partial charge in [0.25, 0.3) is 17.6 Å². The molecule has 22 heavy (non-hydrogen) atoms. The number of anilines is 1. The molecule has 3 amide bonds. The van der Waals surface area contributed by atoms with Crippen LogP contribution in [0.4, 0.5) is 5.82 Å². The Bertz CT molecular complexity index is 751. The second-order valence-corrected chi connectivity index (χ2v) is 5.04. The molecule has 1 aromatic carbocycles. The van der Waals surface area contributed by atoms with Crippen LogP contribution in [0.15, 0.2) is 42.5 Å². The molecule has 3 rings (SSSR count). The average Bonchev–Trinajstić information content (AvgIpc) is 2.73. The molecule has 1 aliphatic heterocycles. The maximum atomic E-state index is 12.2. The van der Waals surface area contributed by atoms with Crippen molar-refractivity contribution in [2.75, 3.05) is 11.9 Å². The molecule has 2 aromatic rings. The minimum Gasteiger partial charge on any atom is -0.269 e. The van der Waals surface area contributed by atoms with Crippen molar-refractivity contribution < 1.29 is 19.4 Å². The van der Waals surface area contributed by atoms with E-state index in [1.165, 1.54) is 0 Å². The number of rotatable bonds is 3. The third-order valence-corrected chi connectivity index (χ3v) is 3.39. The predicted octanol–water partition coefficient (Wildman–Crippen LogP) is 1.04. The zero-order valence-corrected chi connectivity index (χ0v) is 11.9. The lowest BCUT2D eigenvalue weighted by Gasteiger charge is -2.10. The number of pyridine rings is 1. The third kappa shape index (κ3) is 2.46. The minimum absolute atomic E-state index is 0.311. The molecule has 1 aliphatic rings. The highest BCUT2D eigenvalue weighted by Crippen LogP contribution is 2.22. The zero-order valence-electron chi connectivity index (χ0n) is 11.9. The van der Waals surface area contributed by atoms with E-state index < -0.39 is 17.7 Å². The summed E-state index contributed by atoms with van der Waals surface area (Å²) in [7, 11) is 0. The molecule has 0 radical (unpaired) electrons. The molecule has 6 heteroatoms. The number of fused-ring (bicyclic) bond motifs is 1. The van der Waals surface area contributed by atoms with Gasteiger partial charge in [-0.25, -0.2) is 15.1 Å². The van der Waals surface area contributed by atoms with Gasteiger partial charge in [0.2, 0.25) is 0 Å². The number of hydrogen-bond donors (Lipinski definition) is 1. The first-order chi connectivity index (χ1) is 10.6. The highest BCUT2D eigenvalue weighted by Gasteiger charge is 2.37. The summed E-state index contributed by atoms with van der Waals surface area (Å²) in [6, 6.07) is 11.9. The number of imide groups is 1. The molecular weight excluding hydrogens is 282 g/mol. The van der Waals surface area contributed by atoms with E-state index in [1.807, 2.05) is 13.0 Å². The minimum atomic E-state index is -0.441. The molecule has 6 nitrogen and oxygen atoms in total. The number of hydrogen-bond acceptors (Lipinski definition) is 3. The summed E-state index contributed by atoms with van der Waals surface area (Å²) in [6.45, 7) is 1.55. The number of nitrogens with one attached hydrogen (secondary N) is 2. The van der Waals surface area contributed by atoms with Gasteiger partial charge in [0.15, 0.2) is 0 Å². The molecule has 0 aliphatic carbocycles. The number of amides is 3. The van der Waals surface area contributed by atoms with Crippen LogP contribution in [0.1, 0.15) is 26.4 Å². The van der Waals surface area contributed by atoms with E-state index >= 15 is 0 Å². The summed E-state index contributed by atoms with van der Waals surface area (Å²) < 4.78 is 0. The lowest BCUT2D eigenvalue weighted by atomic mass is 10.1. The molecule has 0 atom stereocenters. The SMILES string of the molecule is Cc1cccc(NC(=O)CN2C(=O)c3ccccc3C2=O)[nH+]1. The molecule has 0 spiro atoms.